The molecule has 13 heteroatoms. The van der Waals surface area contributed by atoms with Gasteiger partial charge in [-0.2, -0.15) is 0 Å². The molecule has 0 atom stereocenters. The number of primary amides is 1. The summed E-state index contributed by atoms with van der Waals surface area (Å²) in [6.45, 7) is 43.1. The van der Waals surface area contributed by atoms with E-state index in [-0.39, 0.29) is 23.2 Å². The highest BCUT2D eigenvalue weighted by Gasteiger charge is 2.17. The van der Waals surface area contributed by atoms with Crippen LogP contribution in [0.3, 0.4) is 0 Å². The minimum Gasteiger partial charge on any atom is -0.378 e. The van der Waals surface area contributed by atoms with E-state index in [0.717, 1.165) is 22.5 Å². The van der Waals surface area contributed by atoms with E-state index in [2.05, 4.69) is 191 Å². The zero-order valence-electron chi connectivity index (χ0n) is 56.8. The summed E-state index contributed by atoms with van der Waals surface area (Å²) in [5.74, 6) is 2.39. The van der Waals surface area contributed by atoms with Crippen LogP contribution in [0.5, 0.6) is 0 Å². The number of anilines is 2. The average molecular weight is 1220 g/mol. The van der Waals surface area contributed by atoms with Gasteiger partial charge in [-0.3, -0.25) is 9.59 Å². The maximum Gasteiger partial charge on any atom is 0.253 e. The molecule has 7 aromatic rings. The van der Waals surface area contributed by atoms with Crippen LogP contribution in [0.25, 0.3) is 9.69 Å². The smallest absolute Gasteiger partial charge is 0.253 e. The van der Waals surface area contributed by atoms with Crippen molar-refractivity contribution in [1.29, 1.82) is 0 Å². The number of hydrogen-bond acceptors (Lipinski definition) is 6. The molecule has 7 aromatic carbocycles. The fourth-order valence-electron chi connectivity index (χ4n) is 7.88. The van der Waals surface area contributed by atoms with Crippen LogP contribution < -0.4 is 15.5 Å². The molecule has 474 valence electrons. The van der Waals surface area contributed by atoms with Gasteiger partial charge in [0.25, 0.3) is 5.91 Å². The van der Waals surface area contributed by atoms with E-state index in [9.17, 15) is 22.4 Å². The molecule has 7 rings (SSSR count). The van der Waals surface area contributed by atoms with Gasteiger partial charge < -0.3 is 20.4 Å². The summed E-state index contributed by atoms with van der Waals surface area (Å²) in [5.41, 5.74) is 18.3. The molecule has 0 aliphatic carbocycles. The van der Waals surface area contributed by atoms with Crippen molar-refractivity contribution in [2.24, 2.45) is 5.73 Å². The largest absolute Gasteiger partial charge is 0.378 e. The number of sulfonamides is 1. The normalized spacial score (nSPS) is 10.6. The summed E-state index contributed by atoms with van der Waals surface area (Å²) in [4.78, 5) is 35.2. The molecular formula is C75H102FN7O4S. The molecule has 0 bridgehead atoms. The first-order chi connectivity index (χ1) is 41.1. The Labute approximate surface area is 531 Å². The molecular weight excluding hydrogens is 1110 g/mol. The summed E-state index contributed by atoms with van der Waals surface area (Å²) in [6.07, 6.45) is 0. The van der Waals surface area contributed by atoms with Gasteiger partial charge in [0.2, 0.25) is 15.9 Å². The fraction of sp³-hybridized carbons (Fsp3) is 0.387. The topological polar surface area (TPSA) is 116 Å². The molecule has 0 aromatic heterocycles. The summed E-state index contributed by atoms with van der Waals surface area (Å²) in [7, 11) is 11.6. The molecule has 11 nitrogen and oxygen atoms in total. The Bertz CT molecular complexity index is 3340. The van der Waals surface area contributed by atoms with Gasteiger partial charge in [0.1, 0.15) is 5.82 Å². The first kappa shape index (κ1) is 77.9. The monoisotopic (exact) mass is 1220 g/mol. The van der Waals surface area contributed by atoms with Gasteiger partial charge in [-0.15, -0.1) is 0 Å². The zero-order valence-corrected chi connectivity index (χ0v) is 57.6. The van der Waals surface area contributed by atoms with Crippen LogP contribution in [0.2, 0.25) is 0 Å². The Balaban J connectivity index is 0.000000515. The molecule has 0 saturated carbocycles. The number of amides is 2. The predicted molar refractivity (Wildman–Crippen MR) is 372 cm³/mol. The van der Waals surface area contributed by atoms with Gasteiger partial charge in [-0.1, -0.05) is 206 Å². The van der Waals surface area contributed by atoms with Crippen molar-refractivity contribution in [3.63, 3.8) is 0 Å². The summed E-state index contributed by atoms with van der Waals surface area (Å²) in [5, 5.41) is 0. The van der Waals surface area contributed by atoms with Crippen LogP contribution in [0.15, 0.2) is 169 Å². The Morgan fingerprint density at radius 3 is 1.19 bits per heavy atom. The summed E-state index contributed by atoms with van der Waals surface area (Å²) >= 11 is 0. The van der Waals surface area contributed by atoms with E-state index < -0.39 is 15.9 Å². The van der Waals surface area contributed by atoms with Crippen molar-refractivity contribution in [2.45, 2.75) is 143 Å². The van der Waals surface area contributed by atoms with Crippen molar-refractivity contribution in [3.8, 4) is 0 Å². The number of carbonyl (C=O) groups is 2. The lowest BCUT2D eigenvalue weighted by atomic mass is 10.0. The first-order valence-electron chi connectivity index (χ1n) is 30.0. The molecule has 0 spiro atoms. The highest BCUT2D eigenvalue weighted by atomic mass is 32.2. The lowest BCUT2D eigenvalue weighted by molar-refractivity contribution is 0.0827. The minimum absolute atomic E-state index is 0.0625. The molecule has 0 aliphatic rings. The van der Waals surface area contributed by atoms with Crippen LogP contribution in [-0.4, -0.2) is 85.8 Å². The number of carbonyl (C=O) groups excluding carboxylic acids is 2. The zero-order chi connectivity index (χ0) is 67.2. The van der Waals surface area contributed by atoms with Crippen molar-refractivity contribution in [3.05, 3.63) is 243 Å². The lowest BCUT2D eigenvalue weighted by Gasteiger charge is -2.14. The molecule has 2 amide bonds. The fourth-order valence-corrected chi connectivity index (χ4v) is 8.78. The second-order valence-electron chi connectivity index (χ2n) is 24.3. The molecule has 0 heterocycles. The van der Waals surface area contributed by atoms with Gasteiger partial charge in [0.05, 0.1) is 18.0 Å². The lowest BCUT2D eigenvalue weighted by Crippen LogP contribution is -2.22. The molecule has 0 unspecified atom stereocenters. The number of nitrogens with zero attached hydrogens (tertiary/aromatic N) is 6. The average Bonchev–Trinajstić information content (AvgIpc) is 1.71. The molecule has 0 radical (unpaired) electrons. The Morgan fingerprint density at radius 2 is 0.818 bits per heavy atom. The van der Waals surface area contributed by atoms with E-state index in [0.29, 0.717) is 46.0 Å². The molecule has 2 N–H and O–H groups in total. The van der Waals surface area contributed by atoms with E-state index in [4.69, 9.17) is 18.9 Å². The van der Waals surface area contributed by atoms with Crippen LogP contribution in [0, 0.1) is 19.0 Å². The quantitative estimate of drug-likeness (QED) is 0.115. The SMILES string of the molecule is CC(C)c1ccc(C(N)=O)cc1F.CC(C)c1ccc(N(C)C)cc1.CC(C)c1ccc(S(=O)(=O)N(C)C)cc1.CC(C)c1cccc(C(=O)N(C)C)c1.CC(C)c1cccc(N(C)C)c1.[C-]#[N+]c1ccc(C(C)C)cc1.[C-]#[N+]c1cccc(C(C)C)c1. The first-order valence-corrected chi connectivity index (χ1v) is 31.5. The van der Waals surface area contributed by atoms with E-state index >= 15 is 0 Å². The van der Waals surface area contributed by atoms with Gasteiger partial charge in [0.15, 0.2) is 11.4 Å². The van der Waals surface area contributed by atoms with Crippen molar-refractivity contribution in [1.82, 2.24) is 9.21 Å². The third-order valence-electron chi connectivity index (χ3n) is 13.9. The Morgan fingerprint density at radius 1 is 0.420 bits per heavy atom. The van der Waals surface area contributed by atoms with Gasteiger partial charge in [-0.05, 0) is 135 Å². The van der Waals surface area contributed by atoms with Crippen molar-refractivity contribution < 1.29 is 22.4 Å². The maximum absolute atomic E-state index is 13.3. The standard InChI is InChI=1S/C12H17NO.C11H17NO2S.2C11H17N.C10H12FNO.2C10H11N/c1-9(2)10-6-5-7-11(8-10)12(14)13(3)4;1-9(2)10-5-7-11(8-6-10)15(13,14)12(3)4;1-9(2)10-5-7-11(8-6-10)12(3)4;1-9(2)10-6-5-7-11(8-10)12(3)4;1-6(2)8-4-3-7(10(12)13)5-9(8)11;1-8(2)9-4-6-10(11-3)7-5-9;1-8(2)9-5-4-6-10(7-9)11-3/h5-9H,1-4H3;5-9H,1-4H3;2*5-9H,1-4H3;3-6H,1-2H3,(H2,12,13);2*4-8H,1-2H3. The highest BCUT2D eigenvalue weighted by Crippen LogP contribution is 2.25. The summed E-state index contributed by atoms with van der Waals surface area (Å²) in [6, 6.07) is 52.1. The highest BCUT2D eigenvalue weighted by molar-refractivity contribution is 7.89. The molecule has 88 heavy (non-hydrogen) atoms. The maximum atomic E-state index is 13.3. The second kappa shape index (κ2) is 38.9. The summed E-state index contributed by atoms with van der Waals surface area (Å²) < 4.78 is 38.0. The second-order valence-corrected chi connectivity index (χ2v) is 26.4. The van der Waals surface area contributed by atoms with E-state index in [1.807, 2.05) is 86.6 Å². The van der Waals surface area contributed by atoms with E-state index in [1.54, 1.807) is 43.3 Å². The van der Waals surface area contributed by atoms with Gasteiger partial charge in [-0.25, -0.2) is 26.8 Å². The van der Waals surface area contributed by atoms with Crippen LogP contribution in [-0.2, 0) is 10.0 Å². The molecule has 0 saturated heterocycles. The number of hydrogen-bond donors (Lipinski definition) is 1. The molecule has 0 fully saturated rings. The Hall–Kier alpha value is -8.10. The number of halogens is 1. The number of benzene rings is 7. The van der Waals surface area contributed by atoms with Crippen LogP contribution in [0.1, 0.15) is 198 Å². The number of nitrogens with two attached hydrogens (primary N) is 1. The van der Waals surface area contributed by atoms with Crippen molar-refractivity contribution >= 4 is 44.6 Å². The van der Waals surface area contributed by atoms with E-state index in [1.165, 1.54) is 63.7 Å². The van der Waals surface area contributed by atoms with Crippen LogP contribution in [0.4, 0.5) is 27.1 Å². The predicted octanol–water partition coefficient (Wildman–Crippen LogP) is 19.1. The third kappa shape index (κ3) is 27.7. The molecule has 0 aliphatic heterocycles. The Kier molecular flexibility index (Phi) is 34.5. The van der Waals surface area contributed by atoms with Gasteiger partial charge >= 0.3 is 0 Å². The van der Waals surface area contributed by atoms with Crippen molar-refractivity contribution in [2.75, 3.05) is 66.2 Å². The number of rotatable bonds is 13. The van der Waals surface area contributed by atoms with Crippen LogP contribution >= 0.6 is 0 Å². The minimum atomic E-state index is -3.29. The third-order valence-corrected chi connectivity index (χ3v) is 15.8. The van der Waals surface area contributed by atoms with Gasteiger partial charge in [0, 0.05) is 78.9 Å².